The van der Waals surface area contributed by atoms with Crippen LogP contribution in [0.5, 0.6) is 0 Å². The third-order valence-corrected chi connectivity index (χ3v) is 4.99. The molecule has 0 N–H and O–H groups in total. The number of imide groups is 2. The number of rotatable bonds is 3. The first-order valence-corrected chi connectivity index (χ1v) is 8.30. The maximum Gasteiger partial charge on any atom is 0.334 e. The van der Waals surface area contributed by atoms with Gasteiger partial charge in [-0.3, -0.25) is 19.4 Å². The Morgan fingerprint density at radius 2 is 1.70 bits per heavy atom. The smallest absolute Gasteiger partial charge is 0.263 e. The summed E-state index contributed by atoms with van der Waals surface area (Å²) in [7, 11) is 0. The quantitative estimate of drug-likeness (QED) is 0.630. The molecule has 1 saturated heterocycles. The lowest BCUT2D eigenvalue weighted by Crippen LogP contribution is -2.46. The molecule has 1 aliphatic carbocycles. The van der Waals surface area contributed by atoms with E-state index < -0.39 is 17.8 Å². The molecule has 0 unspecified atom stereocenters. The van der Waals surface area contributed by atoms with Crippen molar-refractivity contribution in [3.05, 3.63) is 34.9 Å². The zero-order chi connectivity index (χ0) is 16.6. The molecule has 122 valence electrons. The second-order valence-corrected chi connectivity index (χ2v) is 6.74. The van der Waals surface area contributed by atoms with E-state index in [1.807, 2.05) is 6.92 Å². The molecule has 2 aliphatic rings. The van der Waals surface area contributed by atoms with Gasteiger partial charge in [-0.15, -0.1) is 0 Å². The van der Waals surface area contributed by atoms with Gasteiger partial charge in [-0.1, -0.05) is 43.5 Å². The molecule has 0 aromatic heterocycles. The Balaban J connectivity index is 1.80. The first kappa shape index (κ1) is 16.0. The van der Waals surface area contributed by atoms with E-state index in [4.69, 9.17) is 11.6 Å². The number of urea groups is 1. The van der Waals surface area contributed by atoms with Gasteiger partial charge >= 0.3 is 17.8 Å². The Morgan fingerprint density at radius 1 is 1.04 bits per heavy atom. The minimum absolute atomic E-state index is 0.0954. The lowest BCUT2D eigenvalue weighted by atomic mass is 9.85. The van der Waals surface area contributed by atoms with Crippen molar-refractivity contribution in [3.8, 4) is 0 Å². The summed E-state index contributed by atoms with van der Waals surface area (Å²) in [6.07, 6.45) is 3.85. The SMILES string of the molecule is C[C@H]1CCCC[C@H]1N1C(=O)C(=O)N(Cc2ccc(Cl)cc2)C1=O. The van der Waals surface area contributed by atoms with Gasteiger partial charge in [0, 0.05) is 11.1 Å². The number of hydrogen-bond donors (Lipinski definition) is 0. The van der Waals surface area contributed by atoms with Crippen molar-refractivity contribution in [3.63, 3.8) is 0 Å². The maximum atomic E-state index is 12.6. The Morgan fingerprint density at radius 3 is 2.35 bits per heavy atom. The zero-order valence-corrected chi connectivity index (χ0v) is 13.8. The van der Waals surface area contributed by atoms with Gasteiger partial charge in [0.15, 0.2) is 0 Å². The van der Waals surface area contributed by atoms with E-state index in [2.05, 4.69) is 0 Å². The van der Waals surface area contributed by atoms with Gasteiger partial charge in [0.05, 0.1) is 6.54 Å². The van der Waals surface area contributed by atoms with Gasteiger partial charge in [-0.05, 0) is 36.5 Å². The fourth-order valence-electron chi connectivity index (χ4n) is 3.41. The van der Waals surface area contributed by atoms with Crippen molar-refractivity contribution >= 4 is 29.4 Å². The van der Waals surface area contributed by atoms with Crippen molar-refractivity contribution in [1.29, 1.82) is 0 Å². The van der Waals surface area contributed by atoms with E-state index in [9.17, 15) is 14.4 Å². The van der Waals surface area contributed by atoms with Crippen molar-refractivity contribution in [1.82, 2.24) is 9.80 Å². The third-order valence-electron chi connectivity index (χ3n) is 4.74. The van der Waals surface area contributed by atoms with E-state index in [-0.39, 0.29) is 18.5 Å². The number of carbonyl (C=O) groups excluding carboxylic acids is 3. The summed E-state index contributed by atoms with van der Waals surface area (Å²) in [5, 5.41) is 0.585. The highest BCUT2D eigenvalue weighted by molar-refractivity contribution is 6.44. The molecule has 4 amide bonds. The Hall–Kier alpha value is -1.88. The van der Waals surface area contributed by atoms with Crippen LogP contribution in [0, 0.1) is 5.92 Å². The average molecular weight is 335 g/mol. The summed E-state index contributed by atoms with van der Waals surface area (Å²) in [6.45, 7) is 2.13. The fraction of sp³-hybridized carbons (Fsp3) is 0.471. The van der Waals surface area contributed by atoms with Gasteiger partial charge in [0.1, 0.15) is 0 Å². The largest absolute Gasteiger partial charge is 0.334 e. The monoisotopic (exact) mass is 334 g/mol. The number of benzene rings is 1. The van der Waals surface area contributed by atoms with Gasteiger partial charge in [-0.25, -0.2) is 4.79 Å². The van der Waals surface area contributed by atoms with E-state index in [0.717, 1.165) is 36.1 Å². The van der Waals surface area contributed by atoms with Crippen molar-refractivity contribution in [2.45, 2.75) is 45.2 Å². The van der Waals surface area contributed by atoms with Crippen molar-refractivity contribution in [2.24, 2.45) is 5.92 Å². The molecule has 3 rings (SSSR count). The van der Waals surface area contributed by atoms with Crippen LogP contribution in [0.4, 0.5) is 4.79 Å². The summed E-state index contributed by atoms with van der Waals surface area (Å²) in [5.41, 5.74) is 0.766. The molecule has 0 bridgehead atoms. The molecule has 1 saturated carbocycles. The third kappa shape index (κ3) is 2.98. The first-order chi connectivity index (χ1) is 11.0. The molecule has 6 heteroatoms. The van der Waals surface area contributed by atoms with Crippen LogP contribution in [0.1, 0.15) is 38.2 Å². The average Bonchev–Trinajstić information content (AvgIpc) is 2.74. The van der Waals surface area contributed by atoms with E-state index in [1.165, 1.54) is 4.90 Å². The molecule has 23 heavy (non-hydrogen) atoms. The Labute approximate surface area is 140 Å². The normalized spacial score (nSPS) is 25.4. The van der Waals surface area contributed by atoms with Gasteiger partial charge < -0.3 is 0 Å². The second kappa shape index (κ2) is 6.32. The van der Waals surface area contributed by atoms with Crippen LogP contribution >= 0.6 is 11.6 Å². The van der Waals surface area contributed by atoms with Crippen molar-refractivity contribution < 1.29 is 14.4 Å². The maximum absolute atomic E-state index is 12.6. The molecule has 0 spiro atoms. The zero-order valence-electron chi connectivity index (χ0n) is 13.0. The molecule has 1 aromatic carbocycles. The van der Waals surface area contributed by atoms with E-state index in [0.29, 0.717) is 5.02 Å². The minimum Gasteiger partial charge on any atom is -0.263 e. The summed E-state index contributed by atoms with van der Waals surface area (Å²) in [6, 6.07) is 6.24. The number of nitrogens with zero attached hydrogens (tertiary/aromatic N) is 2. The molecule has 0 radical (unpaired) electrons. The number of halogens is 1. The summed E-state index contributed by atoms with van der Waals surface area (Å²) < 4.78 is 0. The van der Waals surface area contributed by atoms with Crippen LogP contribution < -0.4 is 0 Å². The molecule has 2 atom stereocenters. The first-order valence-electron chi connectivity index (χ1n) is 7.92. The standard InChI is InChI=1S/C17H19ClN2O3/c1-11-4-2-3-5-14(11)20-16(22)15(21)19(17(20)23)10-12-6-8-13(18)9-7-12/h6-9,11,14H,2-5,10H2,1H3/t11-,14+/m0/s1. The molecule has 1 aromatic rings. The molecule has 1 heterocycles. The molecular weight excluding hydrogens is 316 g/mol. The summed E-state index contributed by atoms with van der Waals surface area (Å²) >= 11 is 5.84. The highest BCUT2D eigenvalue weighted by Crippen LogP contribution is 2.31. The Bertz CT molecular complexity index is 644. The highest BCUT2D eigenvalue weighted by atomic mass is 35.5. The van der Waals surface area contributed by atoms with Crippen LogP contribution in [0.15, 0.2) is 24.3 Å². The molecule has 2 fully saturated rings. The lowest BCUT2D eigenvalue weighted by Gasteiger charge is -2.34. The van der Waals surface area contributed by atoms with Crippen molar-refractivity contribution in [2.75, 3.05) is 0 Å². The van der Waals surface area contributed by atoms with Crippen LogP contribution in [0.2, 0.25) is 5.02 Å². The van der Waals surface area contributed by atoms with E-state index in [1.54, 1.807) is 24.3 Å². The lowest BCUT2D eigenvalue weighted by molar-refractivity contribution is -0.144. The number of amides is 4. The predicted molar refractivity (Wildman–Crippen MR) is 85.7 cm³/mol. The molecular formula is C17H19ClN2O3. The minimum atomic E-state index is -0.734. The van der Waals surface area contributed by atoms with E-state index >= 15 is 0 Å². The second-order valence-electron chi connectivity index (χ2n) is 6.30. The summed E-state index contributed by atoms with van der Waals surface area (Å²) in [5.74, 6) is -1.19. The van der Waals surface area contributed by atoms with Gasteiger partial charge in [-0.2, -0.15) is 0 Å². The van der Waals surface area contributed by atoms with Crippen LogP contribution in [0.25, 0.3) is 0 Å². The number of carbonyl (C=O) groups is 3. The molecule has 5 nitrogen and oxygen atoms in total. The summed E-state index contributed by atoms with van der Waals surface area (Å²) in [4.78, 5) is 39.4. The fourth-order valence-corrected chi connectivity index (χ4v) is 3.53. The Kier molecular flexibility index (Phi) is 4.39. The van der Waals surface area contributed by atoms with Crippen LogP contribution in [0.3, 0.4) is 0 Å². The predicted octanol–water partition coefficient (Wildman–Crippen LogP) is 3.21. The van der Waals surface area contributed by atoms with Crippen LogP contribution in [-0.2, 0) is 16.1 Å². The number of hydrogen-bond acceptors (Lipinski definition) is 3. The topological polar surface area (TPSA) is 57.7 Å². The van der Waals surface area contributed by atoms with Gasteiger partial charge in [0.25, 0.3) is 0 Å². The van der Waals surface area contributed by atoms with Crippen LogP contribution in [-0.4, -0.2) is 33.7 Å². The molecule has 1 aliphatic heterocycles. The van der Waals surface area contributed by atoms with Gasteiger partial charge in [0.2, 0.25) is 0 Å². The highest BCUT2D eigenvalue weighted by Gasteiger charge is 2.48.